The number of carbonyl (C=O) groups excluding carboxylic acids is 3. The number of aryl methyl sites for hydroxylation is 2. The Kier molecular flexibility index (Phi) is 5.08. The van der Waals surface area contributed by atoms with Crippen LogP contribution in [0.2, 0.25) is 0 Å². The number of benzene rings is 3. The summed E-state index contributed by atoms with van der Waals surface area (Å²) in [6, 6.07) is 22.4. The van der Waals surface area contributed by atoms with Gasteiger partial charge in [-0.05, 0) is 36.4 Å². The standard InChI is InChI=1S/C30H24N4O3/c1-18(35)31-19-12-14-20(15-13-19)34-29(36)27(23-16-32(2)25-10-6-4-8-21(23)25)28(30(34)37)24-17-33(3)26-11-7-5-9-22(24)26/h4-17H,1-3H3,(H,31,35). The van der Waals surface area contributed by atoms with Crippen molar-refractivity contribution in [2.24, 2.45) is 14.1 Å². The van der Waals surface area contributed by atoms with Gasteiger partial charge in [0.15, 0.2) is 0 Å². The summed E-state index contributed by atoms with van der Waals surface area (Å²) in [5.74, 6) is -0.952. The number of nitrogens with one attached hydrogen (secondary N) is 1. The molecule has 0 saturated heterocycles. The van der Waals surface area contributed by atoms with Gasteiger partial charge in [-0.2, -0.15) is 0 Å². The van der Waals surface area contributed by atoms with Crippen molar-refractivity contribution in [1.29, 1.82) is 0 Å². The Morgan fingerprint density at radius 3 is 1.59 bits per heavy atom. The van der Waals surface area contributed by atoms with E-state index in [-0.39, 0.29) is 17.7 Å². The number of carbonyl (C=O) groups is 3. The predicted molar refractivity (Wildman–Crippen MR) is 146 cm³/mol. The Balaban J connectivity index is 1.59. The SMILES string of the molecule is CC(=O)Nc1ccc(N2C(=O)C(c3cn(C)c4ccccc34)=C(c3cn(C)c4ccccc34)C2=O)cc1. The summed E-state index contributed by atoms with van der Waals surface area (Å²) in [6.07, 6.45) is 3.83. The molecule has 37 heavy (non-hydrogen) atoms. The summed E-state index contributed by atoms with van der Waals surface area (Å²) in [6.45, 7) is 1.43. The van der Waals surface area contributed by atoms with Gasteiger partial charge in [-0.15, -0.1) is 0 Å². The fraction of sp³-hybridized carbons (Fsp3) is 0.100. The highest BCUT2D eigenvalue weighted by Crippen LogP contribution is 2.43. The molecule has 2 aromatic heterocycles. The molecule has 0 aliphatic carbocycles. The summed E-state index contributed by atoms with van der Waals surface area (Å²) in [4.78, 5) is 40.9. The van der Waals surface area contributed by atoms with Crippen molar-refractivity contribution in [3.63, 3.8) is 0 Å². The van der Waals surface area contributed by atoms with Gasteiger partial charge in [-0.3, -0.25) is 14.4 Å². The Morgan fingerprint density at radius 1 is 0.676 bits per heavy atom. The number of hydrogen-bond acceptors (Lipinski definition) is 3. The fourth-order valence-electron chi connectivity index (χ4n) is 5.24. The van der Waals surface area contributed by atoms with Gasteiger partial charge in [0.25, 0.3) is 11.8 Å². The van der Waals surface area contributed by atoms with Gasteiger partial charge in [0.1, 0.15) is 0 Å². The van der Waals surface area contributed by atoms with E-state index in [1.165, 1.54) is 11.8 Å². The van der Waals surface area contributed by atoms with Crippen molar-refractivity contribution in [3.05, 3.63) is 96.3 Å². The molecule has 3 amide bonds. The van der Waals surface area contributed by atoms with Crippen LogP contribution in [0.3, 0.4) is 0 Å². The molecule has 1 aliphatic heterocycles. The summed E-state index contributed by atoms with van der Waals surface area (Å²) in [5, 5.41) is 4.53. The van der Waals surface area contributed by atoms with Gasteiger partial charge in [0, 0.05) is 72.0 Å². The Morgan fingerprint density at radius 2 is 1.14 bits per heavy atom. The third-order valence-corrected chi connectivity index (χ3v) is 6.86. The first-order valence-electron chi connectivity index (χ1n) is 11.9. The Labute approximate surface area is 213 Å². The van der Waals surface area contributed by atoms with Crippen LogP contribution < -0.4 is 10.2 Å². The van der Waals surface area contributed by atoms with Crippen molar-refractivity contribution in [3.8, 4) is 0 Å². The molecule has 0 saturated carbocycles. The first kappa shape index (κ1) is 22.5. The quantitative estimate of drug-likeness (QED) is 0.357. The highest BCUT2D eigenvalue weighted by molar-refractivity contribution is 6.58. The molecule has 0 unspecified atom stereocenters. The lowest BCUT2D eigenvalue weighted by Crippen LogP contribution is -2.31. The summed E-state index contributed by atoms with van der Waals surface area (Å²) >= 11 is 0. The van der Waals surface area contributed by atoms with Crippen LogP contribution in [0.4, 0.5) is 11.4 Å². The molecule has 0 spiro atoms. The number of imide groups is 1. The zero-order valence-corrected chi connectivity index (χ0v) is 20.6. The molecule has 182 valence electrons. The molecule has 0 radical (unpaired) electrons. The fourth-order valence-corrected chi connectivity index (χ4v) is 5.24. The van der Waals surface area contributed by atoms with Gasteiger partial charge < -0.3 is 14.5 Å². The molecule has 1 aliphatic rings. The van der Waals surface area contributed by atoms with Crippen molar-refractivity contribution in [2.45, 2.75) is 6.92 Å². The molecule has 0 fully saturated rings. The third-order valence-electron chi connectivity index (χ3n) is 6.86. The second-order valence-corrected chi connectivity index (χ2v) is 9.27. The normalized spacial score (nSPS) is 13.9. The summed E-state index contributed by atoms with van der Waals surface area (Å²) < 4.78 is 3.95. The second kappa shape index (κ2) is 8.34. The molecule has 7 nitrogen and oxygen atoms in total. The monoisotopic (exact) mass is 488 g/mol. The maximum absolute atomic E-state index is 14.1. The van der Waals surface area contributed by atoms with Gasteiger partial charge in [0.2, 0.25) is 5.91 Å². The van der Waals surface area contributed by atoms with Crippen LogP contribution in [0.1, 0.15) is 18.1 Å². The smallest absolute Gasteiger partial charge is 0.266 e. The topological polar surface area (TPSA) is 76.3 Å². The lowest BCUT2D eigenvalue weighted by molar-refractivity contribution is -0.119. The van der Waals surface area contributed by atoms with Crippen LogP contribution >= 0.6 is 0 Å². The van der Waals surface area contributed by atoms with Crippen LogP contribution in [0.25, 0.3) is 33.0 Å². The van der Waals surface area contributed by atoms with E-state index >= 15 is 0 Å². The number of para-hydroxylation sites is 2. The third kappa shape index (κ3) is 3.47. The first-order valence-corrected chi connectivity index (χ1v) is 11.9. The molecule has 3 heterocycles. The van der Waals surface area contributed by atoms with Gasteiger partial charge >= 0.3 is 0 Å². The molecule has 3 aromatic carbocycles. The average Bonchev–Trinajstić information content (AvgIpc) is 3.48. The molecule has 0 bridgehead atoms. The van der Waals surface area contributed by atoms with Crippen molar-refractivity contribution in [1.82, 2.24) is 9.13 Å². The number of amides is 3. The number of hydrogen-bond donors (Lipinski definition) is 1. The number of aromatic nitrogens is 2. The molecular formula is C30H24N4O3. The molecule has 1 N–H and O–H groups in total. The largest absolute Gasteiger partial charge is 0.350 e. The molecule has 5 aromatic rings. The van der Waals surface area contributed by atoms with E-state index < -0.39 is 0 Å². The Hall–Kier alpha value is -4.91. The van der Waals surface area contributed by atoms with Gasteiger partial charge in [0.05, 0.1) is 16.8 Å². The highest BCUT2D eigenvalue weighted by atomic mass is 16.2. The van der Waals surface area contributed by atoms with E-state index in [0.29, 0.717) is 22.5 Å². The minimum Gasteiger partial charge on any atom is -0.350 e. The predicted octanol–water partition coefficient (Wildman–Crippen LogP) is 5.11. The zero-order chi connectivity index (χ0) is 25.8. The molecular weight excluding hydrogens is 464 g/mol. The van der Waals surface area contributed by atoms with E-state index in [0.717, 1.165) is 32.9 Å². The first-order chi connectivity index (χ1) is 17.8. The molecule has 0 atom stereocenters. The maximum atomic E-state index is 14.1. The lowest BCUT2D eigenvalue weighted by atomic mass is 9.95. The van der Waals surface area contributed by atoms with E-state index in [2.05, 4.69) is 5.32 Å². The van der Waals surface area contributed by atoms with Crippen molar-refractivity contribution < 1.29 is 14.4 Å². The van der Waals surface area contributed by atoms with Gasteiger partial charge in [-0.1, -0.05) is 36.4 Å². The zero-order valence-electron chi connectivity index (χ0n) is 20.6. The average molecular weight is 489 g/mol. The van der Waals surface area contributed by atoms with Crippen molar-refractivity contribution in [2.75, 3.05) is 10.2 Å². The van der Waals surface area contributed by atoms with Crippen LogP contribution in [0.15, 0.2) is 85.2 Å². The number of anilines is 2. The highest BCUT2D eigenvalue weighted by Gasteiger charge is 2.42. The minimum absolute atomic E-state index is 0.195. The molecule has 7 heteroatoms. The van der Waals surface area contributed by atoms with Crippen molar-refractivity contribution >= 4 is 62.0 Å². The summed E-state index contributed by atoms with van der Waals surface area (Å²) in [5.41, 5.74) is 5.17. The summed E-state index contributed by atoms with van der Waals surface area (Å²) in [7, 11) is 3.87. The van der Waals surface area contributed by atoms with E-state index in [1.54, 1.807) is 24.3 Å². The maximum Gasteiger partial charge on any atom is 0.266 e. The molecule has 6 rings (SSSR count). The Bertz CT molecular complexity index is 1690. The van der Waals surface area contributed by atoms with E-state index in [4.69, 9.17) is 0 Å². The van der Waals surface area contributed by atoms with Crippen LogP contribution in [-0.4, -0.2) is 26.9 Å². The van der Waals surface area contributed by atoms with Gasteiger partial charge in [-0.25, -0.2) is 4.90 Å². The van der Waals surface area contributed by atoms with E-state index in [9.17, 15) is 14.4 Å². The van der Waals surface area contributed by atoms with Crippen LogP contribution in [-0.2, 0) is 28.5 Å². The minimum atomic E-state index is -0.378. The van der Waals surface area contributed by atoms with E-state index in [1.807, 2.05) is 84.2 Å². The van der Waals surface area contributed by atoms with Crippen LogP contribution in [0, 0.1) is 0 Å². The van der Waals surface area contributed by atoms with Crippen LogP contribution in [0.5, 0.6) is 0 Å². The number of rotatable bonds is 4. The number of fused-ring (bicyclic) bond motifs is 2. The lowest BCUT2D eigenvalue weighted by Gasteiger charge is -2.16. The second-order valence-electron chi connectivity index (χ2n) is 9.27. The number of nitrogens with zero attached hydrogens (tertiary/aromatic N) is 3.